The third kappa shape index (κ3) is 2.01. The SMILES string of the molecule is Cc1c(Cl)nn(C=N)c(=N)c1C(F)(F)F. The molecule has 0 spiro atoms. The largest absolute Gasteiger partial charge is 0.420 e. The first-order valence-corrected chi connectivity index (χ1v) is 4.08. The molecule has 1 rings (SSSR count). The quantitative estimate of drug-likeness (QED) is 0.569. The lowest BCUT2D eigenvalue weighted by molar-refractivity contribution is -0.139. The fraction of sp³-hybridized carbons (Fsp3) is 0.286. The molecule has 82 valence electrons. The maximum atomic E-state index is 12.5. The van der Waals surface area contributed by atoms with Crippen LogP contribution in [0.25, 0.3) is 0 Å². The molecule has 0 aliphatic carbocycles. The summed E-state index contributed by atoms with van der Waals surface area (Å²) in [7, 11) is 0. The lowest BCUT2D eigenvalue weighted by atomic mass is 10.2. The minimum absolute atomic E-state index is 0.313. The smallest absolute Gasteiger partial charge is 0.289 e. The van der Waals surface area contributed by atoms with Crippen molar-refractivity contribution in [2.45, 2.75) is 13.1 Å². The normalized spacial score (nSPS) is 11.5. The first-order chi connectivity index (χ1) is 6.79. The highest BCUT2D eigenvalue weighted by molar-refractivity contribution is 6.30. The Hall–Kier alpha value is -1.37. The molecule has 1 heterocycles. The predicted octanol–water partition coefficient (Wildman–Crippen LogP) is 1.80. The van der Waals surface area contributed by atoms with Crippen LogP contribution in [-0.4, -0.2) is 16.1 Å². The van der Waals surface area contributed by atoms with E-state index in [2.05, 4.69) is 5.10 Å². The maximum absolute atomic E-state index is 12.5. The Bertz CT molecular complexity index is 463. The molecule has 0 bridgehead atoms. The Morgan fingerprint density at radius 2 is 2.00 bits per heavy atom. The molecule has 0 amide bonds. The second-order valence-corrected chi connectivity index (χ2v) is 3.07. The third-order valence-electron chi connectivity index (χ3n) is 1.75. The number of rotatable bonds is 1. The van der Waals surface area contributed by atoms with E-state index in [0.717, 1.165) is 6.92 Å². The first kappa shape index (κ1) is 11.7. The van der Waals surface area contributed by atoms with E-state index in [1.54, 1.807) is 0 Å². The van der Waals surface area contributed by atoms with Crippen LogP contribution in [0.5, 0.6) is 0 Å². The lowest BCUT2D eigenvalue weighted by Crippen LogP contribution is -2.32. The van der Waals surface area contributed by atoms with Gasteiger partial charge < -0.3 is 0 Å². The van der Waals surface area contributed by atoms with Crippen LogP contribution in [0.2, 0.25) is 5.15 Å². The zero-order valence-corrected chi connectivity index (χ0v) is 8.24. The molecule has 0 atom stereocenters. The zero-order chi connectivity index (χ0) is 11.8. The van der Waals surface area contributed by atoms with Crippen molar-refractivity contribution in [1.82, 2.24) is 9.78 Å². The average Bonchev–Trinajstić information content (AvgIpc) is 2.09. The second kappa shape index (κ2) is 3.65. The van der Waals surface area contributed by atoms with Crippen LogP contribution >= 0.6 is 11.6 Å². The Morgan fingerprint density at radius 3 is 2.40 bits per heavy atom. The molecular formula is C7H6ClF3N4. The number of halogens is 4. The minimum Gasteiger partial charge on any atom is -0.289 e. The van der Waals surface area contributed by atoms with E-state index in [-0.39, 0.29) is 10.7 Å². The summed E-state index contributed by atoms with van der Waals surface area (Å²) in [5.74, 6) is 0. The molecule has 0 fully saturated rings. The van der Waals surface area contributed by atoms with Crippen molar-refractivity contribution < 1.29 is 13.2 Å². The Labute approximate surface area is 87.3 Å². The van der Waals surface area contributed by atoms with Crippen molar-refractivity contribution in [2.75, 3.05) is 0 Å². The van der Waals surface area contributed by atoms with E-state index in [4.69, 9.17) is 22.4 Å². The fourth-order valence-electron chi connectivity index (χ4n) is 1.06. The van der Waals surface area contributed by atoms with Crippen molar-refractivity contribution in [3.63, 3.8) is 0 Å². The number of aromatic nitrogens is 2. The van der Waals surface area contributed by atoms with E-state index in [9.17, 15) is 13.2 Å². The molecular weight excluding hydrogens is 233 g/mol. The summed E-state index contributed by atoms with van der Waals surface area (Å²) in [6, 6.07) is 0. The van der Waals surface area contributed by atoms with E-state index >= 15 is 0 Å². The number of nitrogens with one attached hydrogen (secondary N) is 2. The van der Waals surface area contributed by atoms with E-state index in [1.807, 2.05) is 0 Å². The number of hydrogen-bond donors (Lipinski definition) is 2. The summed E-state index contributed by atoms with van der Waals surface area (Å²) < 4.78 is 38.0. The maximum Gasteiger partial charge on any atom is 0.420 e. The van der Waals surface area contributed by atoms with Crippen molar-refractivity contribution >= 4 is 17.9 Å². The standard InChI is InChI=1S/C7H6ClF3N4/c1-3-4(7(9,10)11)6(13)15(2-12)14-5(3)8/h2,12-13H,1H3. The summed E-state index contributed by atoms with van der Waals surface area (Å²) in [5.41, 5.74) is -2.39. The Balaban J connectivity index is 3.70. The van der Waals surface area contributed by atoms with E-state index in [0.29, 0.717) is 11.0 Å². The third-order valence-corrected chi connectivity index (χ3v) is 2.11. The van der Waals surface area contributed by atoms with Gasteiger partial charge in [-0.15, -0.1) is 0 Å². The van der Waals surface area contributed by atoms with Crippen LogP contribution in [0, 0.1) is 17.7 Å². The summed E-state index contributed by atoms with van der Waals surface area (Å²) in [4.78, 5) is 0. The first-order valence-electron chi connectivity index (χ1n) is 3.70. The monoisotopic (exact) mass is 238 g/mol. The Kier molecular flexibility index (Phi) is 2.85. The highest BCUT2D eigenvalue weighted by Gasteiger charge is 2.36. The second-order valence-electron chi connectivity index (χ2n) is 2.71. The molecule has 0 radical (unpaired) electrons. The number of alkyl halides is 3. The highest BCUT2D eigenvalue weighted by atomic mass is 35.5. The van der Waals surface area contributed by atoms with Crippen LogP contribution in [0.15, 0.2) is 0 Å². The van der Waals surface area contributed by atoms with Crippen molar-refractivity contribution in [2.24, 2.45) is 0 Å². The molecule has 0 saturated heterocycles. The molecule has 8 heteroatoms. The lowest BCUT2D eigenvalue weighted by Gasteiger charge is -2.12. The minimum atomic E-state index is -4.68. The van der Waals surface area contributed by atoms with Gasteiger partial charge in [0.1, 0.15) is 11.9 Å². The van der Waals surface area contributed by atoms with Gasteiger partial charge in [0.15, 0.2) is 10.6 Å². The predicted molar refractivity (Wildman–Crippen MR) is 47.0 cm³/mol. The van der Waals surface area contributed by atoms with E-state index in [1.165, 1.54) is 0 Å². The molecule has 1 aromatic rings. The molecule has 0 aliphatic rings. The topological polar surface area (TPSA) is 65.5 Å². The van der Waals surface area contributed by atoms with Gasteiger partial charge in [0, 0.05) is 5.56 Å². The van der Waals surface area contributed by atoms with Crippen molar-refractivity contribution in [1.29, 1.82) is 10.8 Å². The van der Waals surface area contributed by atoms with Crippen LogP contribution in [0.4, 0.5) is 13.2 Å². The number of nitrogens with zero attached hydrogens (tertiary/aromatic N) is 2. The van der Waals surface area contributed by atoms with Crippen LogP contribution in [0.1, 0.15) is 11.1 Å². The van der Waals surface area contributed by atoms with Gasteiger partial charge in [-0.1, -0.05) is 11.6 Å². The average molecular weight is 239 g/mol. The van der Waals surface area contributed by atoms with Gasteiger partial charge in [-0.3, -0.25) is 10.8 Å². The molecule has 4 nitrogen and oxygen atoms in total. The zero-order valence-electron chi connectivity index (χ0n) is 7.48. The summed E-state index contributed by atoms with van der Waals surface area (Å²) in [6.45, 7) is 1.13. The van der Waals surface area contributed by atoms with Gasteiger partial charge in [-0.25, -0.2) is 4.68 Å². The van der Waals surface area contributed by atoms with E-state index < -0.39 is 17.2 Å². The van der Waals surface area contributed by atoms with Crippen LogP contribution < -0.4 is 5.49 Å². The van der Waals surface area contributed by atoms with Gasteiger partial charge >= 0.3 is 6.18 Å². The fourth-order valence-corrected chi connectivity index (χ4v) is 1.23. The highest BCUT2D eigenvalue weighted by Crippen LogP contribution is 2.30. The van der Waals surface area contributed by atoms with Gasteiger partial charge in [0.25, 0.3) is 0 Å². The van der Waals surface area contributed by atoms with Crippen molar-refractivity contribution in [3.05, 3.63) is 21.8 Å². The summed E-state index contributed by atoms with van der Waals surface area (Å²) >= 11 is 5.46. The molecule has 15 heavy (non-hydrogen) atoms. The van der Waals surface area contributed by atoms with Gasteiger partial charge in [-0.2, -0.15) is 18.3 Å². The Morgan fingerprint density at radius 1 is 1.47 bits per heavy atom. The van der Waals surface area contributed by atoms with Gasteiger partial charge in [0.2, 0.25) is 0 Å². The molecule has 1 aromatic heterocycles. The van der Waals surface area contributed by atoms with Crippen LogP contribution in [-0.2, 0) is 6.18 Å². The van der Waals surface area contributed by atoms with Crippen LogP contribution in [0.3, 0.4) is 0 Å². The molecule has 0 aromatic carbocycles. The molecule has 0 unspecified atom stereocenters. The summed E-state index contributed by atoms with van der Waals surface area (Å²) in [6.07, 6.45) is -4.19. The molecule has 2 N–H and O–H groups in total. The van der Waals surface area contributed by atoms with Gasteiger partial charge in [0.05, 0.1) is 0 Å². The number of hydrogen-bond acceptors (Lipinski definition) is 3. The summed E-state index contributed by atoms with van der Waals surface area (Å²) in [5, 5.41) is 17.0. The van der Waals surface area contributed by atoms with Crippen molar-refractivity contribution in [3.8, 4) is 0 Å². The van der Waals surface area contributed by atoms with Gasteiger partial charge in [-0.05, 0) is 6.92 Å². The molecule has 0 saturated carbocycles. The molecule has 0 aliphatic heterocycles.